The first kappa shape index (κ1) is 10.1. The smallest absolute Gasteiger partial charge is 0.0879 e. The molecule has 0 amide bonds. The number of fused-ring (bicyclic) bond motifs is 3. The monoisotopic (exact) mass is 232 g/mol. The number of hydrogen-bond donors (Lipinski definition) is 0. The summed E-state index contributed by atoms with van der Waals surface area (Å²) < 4.78 is 7.91. The van der Waals surface area contributed by atoms with E-state index in [2.05, 4.69) is 31.5 Å². The maximum absolute atomic E-state index is 5.66. The minimum absolute atomic E-state index is 0.475. The van der Waals surface area contributed by atoms with Crippen LogP contribution in [-0.2, 0) is 11.2 Å². The van der Waals surface area contributed by atoms with Crippen LogP contribution in [0.5, 0.6) is 0 Å². The van der Waals surface area contributed by atoms with E-state index < -0.39 is 0 Å². The fourth-order valence-electron chi connectivity index (χ4n) is 3.82. The largest absolute Gasteiger partial charge is 0.369 e. The van der Waals surface area contributed by atoms with Gasteiger partial charge < -0.3 is 4.74 Å². The molecule has 1 saturated heterocycles. The Balaban J connectivity index is 1.67. The first-order chi connectivity index (χ1) is 8.20. The average Bonchev–Trinajstić information content (AvgIpc) is 3.14. The van der Waals surface area contributed by atoms with Gasteiger partial charge in [0.25, 0.3) is 0 Å². The normalized spacial score (nSPS) is 41.5. The van der Waals surface area contributed by atoms with E-state index in [1.807, 2.05) is 0 Å². The fourth-order valence-corrected chi connectivity index (χ4v) is 3.82. The fraction of sp³-hybridized carbons (Fsp3) is 0.786. The Labute approximate surface area is 102 Å². The highest BCUT2D eigenvalue weighted by molar-refractivity contribution is 5.31. The van der Waals surface area contributed by atoms with Gasteiger partial charge in [-0.15, -0.1) is 0 Å². The summed E-state index contributed by atoms with van der Waals surface area (Å²) in [5, 5.41) is 4.73. The van der Waals surface area contributed by atoms with Gasteiger partial charge in [-0.3, -0.25) is 4.68 Å². The van der Waals surface area contributed by atoms with Crippen molar-refractivity contribution < 1.29 is 4.74 Å². The zero-order valence-electron chi connectivity index (χ0n) is 10.8. The average molecular weight is 232 g/mol. The van der Waals surface area contributed by atoms with E-state index in [0.29, 0.717) is 18.2 Å². The van der Waals surface area contributed by atoms with Gasteiger partial charge in [0.05, 0.1) is 17.9 Å². The molecule has 2 saturated carbocycles. The standard InChI is InChI=1S/C14H20N2O/c1-4-8-5-10(16(15-8)7(2)3)12-9-6-11-14(17-11)13(9)12/h5,7,9,11-14H,4,6H2,1-3H3. The summed E-state index contributed by atoms with van der Waals surface area (Å²) in [7, 11) is 0. The molecule has 5 unspecified atom stereocenters. The van der Waals surface area contributed by atoms with Crippen molar-refractivity contribution in [2.24, 2.45) is 11.8 Å². The van der Waals surface area contributed by atoms with Crippen LogP contribution in [-0.4, -0.2) is 22.0 Å². The number of hydrogen-bond acceptors (Lipinski definition) is 2. The lowest BCUT2D eigenvalue weighted by Gasteiger charge is -2.11. The molecule has 92 valence electrons. The zero-order valence-corrected chi connectivity index (χ0v) is 10.8. The van der Waals surface area contributed by atoms with E-state index in [-0.39, 0.29) is 0 Å². The van der Waals surface area contributed by atoms with Crippen LogP contribution in [0.1, 0.15) is 50.5 Å². The molecular formula is C14H20N2O. The Morgan fingerprint density at radius 1 is 1.53 bits per heavy atom. The van der Waals surface area contributed by atoms with Crippen LogP contribution >= 0.6 is 0 Å². The summed E-state index contributed by atoms with van der Waals surface area (Å²) in [4.78, 5) is 0. The van der Waals surface area contributed by atoms with Crippen molar-refractivity contribution in [3.05, 3.63) is 17.5 Å². The third kappa shape index (κ3) is 1.29. The van der Waals surface area contributed by atoms with Crippen LogP contribution in [0.25, 0.3) is 0 Å². The highest BCUT2D eigenvalue weighted by Gasteiger charge is 2.70. The molecule has 2 aliphatic carbocycles. The van der Waals surface area contributed by atoms with Crippen LogP contribution in [0.4, 0.5) is 0 Å². The van der Waals surface area contributed by atoms with Crippen molar-refractivity contribution >= 4 is 0 Å². The third-order valence-corrected chi connectivity index (χ3v) is 4.74. The molecule has 2 heterocycles. The predicted molar refractivity (Wildman–Crippen MR) is 65.0 cm³/mol. The van der Waals surface area contributed by atoms with Crippen molar-refractivity contribution in [2.75, 3.05) is 0 Å². The Morgan fingerprint density at radius 2 is 2.35 bits per heavy atom. The van der Waals surface area contributed by atoms with E-state index in [9.17, 15) is 0 Å². The van der Waals surface area contributed by atoms with Crippen LogP contribution in [0.3, 0.4) is 0 Å². The minimum atomic E-state index is 0.475. The van der Waals surface area contributed by atoms with Gasteiger partial charge in [-0.25, -0.2) is 0 Å². The maximum atomic E-state index is 5.66. The summed E-state index contributed by atoms with van der Waals surface area (Å²) in [6.07, 6.45) is 3.56. The molecule has 3 nitrogen and oxygen atoms in total. The van der Waals surface area contributed by atoms with Gasteiger partial charge in [-0.05, 0) is 44.6 Å². The molecule has 0 aromatic carbocycles. The van der Waals surface area contributed by atoms with Gasteiger partial charge in [-0.2, -0.15) is 5.10 Å². The molecule has 1 aliphatic heterocycles. The van der Waals surface area contributed by atoms with Crippen molar-refractivity contribution in [3.63, 3.8) is 0 Å². The van der Waals surface area contributed by atoms with Crippen LogP contribution in [0.15, 0.2) is 6.07 Å². The molecule has 3 heteroatoms. The van der Waals surface area contributed by atoms with Crippen LogP contribution in [0.2, 0.25) is 0 Å². The molecule has 0 bridgehead atoms. The van der Waals surface area contributed by atoms with Crippen LogP contribution < -0.4 is 0 Å². The molecule has 0 spiro atoms. The quantitative estimate of drug-likeness (QED) is 0.750. The Hall–Kier alpha value is -0.830. The second-order valence-corrected chi connectivity index (χ2v) is 6.09. The molecule has 3 aliphatic rings. The second-order valence-electron chi connectivity index (χ2n) is 6.09. The molecule has 0 N–H and O–H groups in total. The van der Waals surface area contributed by atoms with E-state index in [1.54, 1.807) is 0 Å². The van der Waals surface area contributed by atoms with Crippen LogP contribution in [0, 0.1) is 11.8 Å². The van der Waals surface area contributed by atoms with E-state index in [4.69, 9.17) is 9.84 Å². The number of aromatic nitrogens is 2. The molecule has 1 aromatic rings. The topological polar surface area (TPSA) is 30.4 Å². The number of epoxide rings is 1. The molecule has 17 heavy (non-hydrogen) atoms. The maximum Gasteiger partial charge on any atom is 0.0879 e. The first-order valence-electron chi connectivity index (χ1n) is 6.94. The second kappa shape index (κ2) is 3.14. The van der Waals surface area contributed by atoms with Gasteiger partial charge in [-0.1, -0.05) is 6.92 Å². The molecule has 3 fully saturated rings. The Kier molecular flexibility index (Phi) is 1.87. The lowest BCUT2D eigenvalue weighted by molar-refractivity contribution is 0.313. The van der Waals surface area contributed by atoms with Crippen molar-refractivity contribution in [1.29, 1.82) is 0 Å². The highest BCUT2D eigenvalue weighted by atomic mass is 16.6. The molecular weight excluding hydrogens is 212 g/mol. The highest BCUT2D eigenvalue weighted by Crippen LogP contribution is 2.69. The van der Waals surface area contributed by atoms with E-state index in [1.165, 1.54) is 17.8 Å². The molecule has 0 radical (unpaired) electrons. The minimum Gasteiger partial charge on any atom is -0.369 e. The third-order valence-electron chi connectivity index (χ3n) is 4.74. The van der Waals surface area contributed by atoms with Crippen molar-refractivity contribution in [1.82, 2.24) is 9.78 Å². The van der Waals surface area contributed by atoms with Gasteiger partial charge in [0.2, 0.25) is 0 Å². The SMILES string of the molecule is CCc1cc(C2C3CC4OC4C32)n(C(C)C)n1. The Morgan fingerprint density at radius 3 is 2.94 bits per heavy atom. The molecule has 5 atom stereocenters. The Bertz CT molecular complexity index is 465. The van der Waals surface area contributed by atoms with E-state index in [0.717, 1.165) is 24.2 Å². The summed E-state index contributed by atoms with van der Waals surface area (Å²) >= 11 is 0. The molecule has 4 rings (SSSR count). The van der Waals surface area contributed by atoms with Gasteiger partial charge in [0.1, 0.15) is 0 Å². The summed E-state index contributed by atoms with van der Waals surface area (Å²) in [6, 6.07) is 2.81. The van der Waals surface area contributed by atoms with Crippen molar-refractivity contribution in [2.45, 2.75) is 57.8 Å². The summed E-state index contributed by atoms with van der Waals surface area (Å²) in [5.74, 6) is 2.46. The zero-order chi connectivity index (χ0) is 11.7. The summed E-state index contributed by atoms with van der Waals surface area (Å²) in [6.45, 7) is 6.64. The first-order valence-corrected chi connectivity index (χ1v) is 6.94. The van der Waals surface area contributed by atoms with Gasteiger partial charge in [0, 0.05) is 17.7 Å². The number of rotatable bonds is 3. The van der Waals surface area contributed by atoms with Crippen molar-refractivity contribution in [3.8, 4) is 0 Å². The number of nitrogens with zero attached hydrogens (tertiary/aromatic N) is 2. The van der Waals surface area contributed by atoms with E-state index >= 15 is 0 Å². The van der Waals surface area contributed by atoms with Gasteiger partial charge in [0.15, 0.2) is 0 Å². The number of aryl methyl sites for hydroxylation is 1. The lowest BCUT2D eigenvalue weighted by atomic mass is 10.1. The number of ether oxygens (including phenoxy) is 1. The predicted octanol–water partition coefficient (Wildman–Crippen LogP) is 2.53. The van der Waals surface area contributed by atoms with Gasteiger partial charge >= 0.3 is 0 Å². The lowest BCUT2D eigenvalue weighted by Crippen LogP contribution is -2.09. The summed E-state index contributed by atoms with van der Waals surface area (Å²) in [5.41, 5.74) is 2.72. The molecule has 1 aromatic heterocycles.